The molecule has 0 aliphatic carbocycles. The molecule has 11 heteroatoms. The fraction of sp³-hybridized carbons (Fsp3) is 0.400. The third-order valence-electron chi connectivity index (χ3n) is 7.15. The van der Waals surface area contributed by atoms with Gasteiger partial charge in [-0.15, -0.1) is 0 Å². The molecule has 1 N–H and O–H groups in total. The molecule has 3 aromatic rings. The molecule has 2 fully saturated rings. The molecule has 3 aliphatic rings. The second kappa shape index (κ2) is 8.72. The van der Waals surface area contributed by atoms with Gasteiger partial charge in [0.2, 0.25) is 0 Å². The van der Waals surface area contributed by atoms with E-state index in [9.17, 15) is 18.0 Å². The zero-order valence-corrected chi connectivity index (χ0v) is 19.4. The monoisotopic (exact) mass is 498 g/mol. The minimum Gasteiger partial charge on any atom is -0.444 e. The number of amides is 2. The Balaban J connectivity index is 1.28. The van der Waals surface area contributed by atoms with Gasteiger partial charge in [-0.3, -0.25) is 4.90 Å². The zero-order chi connectivity index (χ0) is 24.9. The van der Waals surface area contributed by atoms with Gasteiger partial charge in [-0.25, -0.2) is 14.8 Å². The van der Waals surface area contributed by atoms with E-state index in [2.05, 4.69) is 15.2 Å². The maximum atomic E-state index is 13.5. The number of halogens is 3. The molecule has 1 unspecified atom stereocenters. The Morgan fingerprint density at radius 3 is 2.78 bits per heavy atom. The number of piperidine rings is 1. The molecule has 0 radical (unpaired) electrons. The molecule has 0 spiro atoms. The molecule has 2 aromatic heterocycles. The number of hydrogen-bond donors (Lipinski definition) is 1. The Morgan fingerprint density at radius 1 is 1.11 bits per heavy atom. The minimum atomic E-state index is -4.23. The van der Waals surface area contributed by atoms with E-state index in [1.165, 1.54) is 6.39 Å². The summed E-state index contributed by atoms with van der Waals surface area (Å²) < 4.78 is 45.5. The van der Waals surface area contributed by atoms with Crippen LogP contribution in [0.4, 0.5) is 41.0 Å². The van der Waals surface area contributed by atoms with Gasteiger partial charge in [-0.2, -0.15) is 13.2 Å². The van der Waals surface area contributed by atoms with Crippen LogP contribution in [0.3, 0.4) is 0 Å². The van der Waals surface area contributed by atoms with E-state index in [1.807, 2.05) is 18.2 Å². The number of alkyl halides is 3. The highest BCUT2D eigenvalue weighted by atomic mass is 19.4. The highest BCUT2D eigenvalue weighted by Crippen LogP contribution is 2.44. The topological polar surface area (TPSA) is 77.7 Å². The summed E-state index contributed by atoms with van der Waals surface area (Å²) in [6.45, 7) is 1.18. The number of pyridine rings is 1. The summed E-state index contributed by atoms with van der Waals surface area (Å²) in [5.74, 6) is 0.161. The molecule has 188 valence electrons. The summed E-state index contributed by atoms with van der Waals surface area (Å²) >= 11 is 0. The lowest BCUT2D eigenvalue weighted by molar-refractivity contribution is -0.176. The van der Waals surface area contributed by atoms with Crippen LogP contribution in [-0.4, -0.2) is 48.0 Å². The fourth-order valence-electron chi connectivity index (χ4n) is 5.42. The van der Waals surface area contributed by atoms with Crippen LogP contribution in [0.25, 0.3) is 11.3 Å². The second-order valence-corrected chi connectivity index (χ2v) is 9.40. The number of benzene rings is 1. The number of nitrogens with zero attached hydrogens (tertiary/aromatic N) is 5. The maximum Gasteiger partial charge on any atom is 0.393 e. The normalized spacial score (nSPS) is 21.5. The molecule has 2 amide bonds. The molecular weight excluding hydrogens is 473 g/mol. The van der Waals surface area contributed by atoms with Gasteiger partial charge >= 0.3 is 12.2 Å². The van der Waals surface area contributed by atoms with E-state index < -0.39 is 12.1 Å². The standard InChI is InChI=1S/C25H25F3N6O2/c26-25(27,28)17-5-2-10-32(14-17)21-9-8-19-23(31-21)34(22-7-3-11-33(19)22)24(35)30-18-6-1-4-16(12-18)20-13-29-15-36-20/h1,4,6,8-9,12-13,15,17,22H,2-3,5,7,10-11,14H2,(H,30,35)/t17?,22-/m0/s1. The van der Waals surface area contributed by atoms with Crippen molar-refractivity contribution in [3.63, 3.8) is 0 Å². The summed E-state index contributed by atoms with van der Waals surface area (Å²) in [5, 5.41) is 2.96. The molecular formula is C25H25F3N6O2. The predicted octanol–water partition coefficient (Wildman–Crippen LogP) is 5.49. The summed E-state index contributed by atoms with van der Waals surface area (Å²) in [5.41, 5.74) is 2.20. The number of carbonyl (C=O) groups is 1. The first-order valence-electron chi connectivity index (χ1n) is 12.1. The van der Waals surface area contributed by atoms with E-state index >= 15 is 0 Å². The fourth-order valence-corrected chi connectivity index (χ4v) is 5.42. The van der Waals surface area contributed by atoms with Crippen LogP contribution in [0.1, 0.15) is 25.7 Å². The summed E-state index contributed by atoms with van der Waals surface area (Å²) in [6.07, 6.45) is 0.843. The number of nitrogens with one attached hydrogen (secondary N) is 1. The van der Waals surface area contributed by atoms with E-state index in [1.54, 1.807) is 34.2 Å². The minimum absolute atomic E-state index is 0.122. The number of aromatic nitrogens is 2. The largest absolute Gasteiger partial charge is 0.444 e. The van der Waals surface area contributed by atoms with Crippen molar-refractivity contribution >= 4 is 29.0 Å². The molecule has 2 atom stereocenters. The molecule has 5 heterocycles. The summed E-state index contributed by atoms with van der Waals surface area (Å²) in [7, 11) is 0. The van der Waals surface area contributed by atoms with Crippen molar-refractivity contribution < 1.29 is 22.4 Å². The molecule has 0 bridgehead atoms. The van der Waals surface area contributed by atoms with Crippen molar-refractivity contribution in [2.75, 3.05) is 39.7 Å². The average molecular weight is 499 g/mol. The van der Waals surface area contributed by atoms with Gasteiger partial charge in [0, 0.05) is 30.9 Å². The van der Waals surface area contributed by atoms with E-state index in [0.717, 1.165) is 30.6 Å². The Bertz CT molecular complexity index is 1260. The molecule has 1 aromatic carbocycles. The van der Waals surface area contributed by atoms with Crippen molar-refractivity contribution in [2.24, 2.45) is 5.92 Å². The number of fused-ring (bicyclic) bond motifs is 3. The zero-order valence-electron chi connectivity index (χ0n) is 19.4. The first-order chi connectivity index (χ1) is 17.4. The molecule has 6 rings (SSSR count). The quantitative estimate of drug-likeness (QED) is 0.514. The van der Waals surface area contributed by atoms with Crippen LogP contribution in [0, 0.1) is 5.92 Å². The predicted molar refractivity (Wildman–Crippen MR) is 129 cm³/mol. The number of rotatable bonds is 3. The van der Waals surface area contributed by atoms with Crippen LogP contribution in [0.2, 0.25) is 0 Å². The highest BCUT2D eigenvalue weighted by Gasteiger charge is 2.45. The van der Waals surface area contributed by atoms with Crippen LogP contribution >= 0.6 is 0 Å². The SMILES string of the molecule is O=C(Nc1cccc(-c2cnco2)c1)N1c2nc(N3CCCC(C(F)(F)F)C3)ccc2N2CCC[C@@H]21. The van der Waals surface area contributed by atoms with Crippen molar-refractivity contribution in [3.05, 3.63) is 49.0 Å². The van der Waals surface area contributed by atoms with Gasteiger partial charge < -0.3 is 19.5 Å². The molecule has 0 saturated carbocycles. The van der Waals surface area contributed by atoms with E-state index in [-0.39, 0.29) is 25.2 Å². The van der Waals surface area contributed by atoms with Gasteiger partial charge in [0.1, 0.15) is 12.0 Å². The van der Waals surface area contributed by atoms with Crippen molar-refractivity contribution in [3.8, 4) is 11.3 Å². The van der Waals surface area contributed by atoms with Crippen molar-refractivity contribution in [1.29, 1.82) is 0 Å². The summed E-state index contributed by atoms with van der Waals surface area (Å²) in [6, 6.07) is 10.6. The first-order valence-corrected chi connectivity index (χ1v) is 12.1. The van der Waals surface area contributed by atoms with Crippen molar-refractivity contribution in [2.45, 2.75) is 38.0 Å². The van der Waals surface area contributed by atoms with E-state index in [4.69, 9.17) is 9.40 Å². The average Bonchev–Trinajstić information content (AvgIpc) is 3.61. The van der Waals surface area contributed by atoms with Crippen LogP contribution in [-0.2, 0) is 0 Å². The number of anilines is 4. The van der Waals surface area contributed by atoms with Crippen molar-refractivity contribution in [1.82, 2.24) is 9.97 Å². The molecule has 36 heavy (non-hydrogen) atoms. The number of oxazole rings is 1. The second-order valence-electron chi connectivity index (χ2n) is 9.40. The third kappa shape index (κ3) is 4.02. The maximum absolute atomic E-state index is 13.5. The van der Waals surface area contributed by atoms with Gasteiger partial charge in [-0.05, 0) is 49.9 Å². The van der Waals surface area contributed by atoms with Gasteiger partial charge in [0.05, 0.1) is 17.8 Å². The molecule has 8 nitrogen and oxygen atoms in total. The third-order valence-corrected chi connectivity index (χ3v) is 7.15. The molecule has 2 saturated heterocycles. The Hall–Kier alpha value is -3.76. The smallest absolute Gasteiger partial charge is 0.393 e. The number of urea groups is 1. The van der Waals surface area contributed by atoms with Crippen LogP contribution in [0.5, 0.6) is 0 Å². The Morgan fingerprint density at radius 2 is 1.97 bits per heavy atom. The van der Waals surface area contributed by atoms with E-state index in [0.29, 0.717) is 36.0 Å². The van der Waals surface area contributed by atoms with Gasteiger partial charge in [0.25, 0.3) is 0 Å². The van der Waals surface area contributed by atoms with Gasteiger partial charge in [0.15, 0.2) is 18.0 Å². The lowest BCUT2D eigenvalue weighted by atomic mass is 9.97. The first kappa shape index (κ1) is 22.7. The van der Waals surface area contributed by atoms with Crippen LogP contribution < -0.4 is 20.0 Å². The highest BCUT2D eigenvalue weighted by molar-refractivity contribution is 6.06. The van der Waals surface area contributed by atoms with Gasteiger partial charge in [-0.1, -0.05) is 12.1 Å². The number of hydrogen-bond acceptors (Lipinski definition) is 6. The lowest BCUT2D eigenvalue weighted by Crippen LogP contribution is -2.45. The molecule has 3 aliphatic heterocycles. The number of carbonyl (C=O) groups excluding carboxylic acids is 1. The Kier molecular flexibility index (Phi) is 5.50. The van der Waals surface area contributed by atoms with Crippen LogP contribution in [0.15, 0.2) is 53.4 Å². The Labute approximate surface area is 205 Å². The summed E-state index contributed by atoms with van der Waals surface area (Å²) in [4.78, 5) is 27.7. The lowest BCUT2D eigenvalue weighted by Gasteiger charge is -2.34.